The minimum Gasteiger partial charge on any atom is -0.317 e. The molecule has 2 N–H and O–H groups in total. The predicted octanol–water partition coefficient (Wildman–Crippen LogP) is 1.73. The van der Waals surface area contributed by atoms with Gasteiger partial charge in [0.25, 0.3) is 5.69 Å². The molecule has 0 aliphatic carbocycles. The summed E-state index contributed by atoms with van der Waals surface area (Å²) >= 11 is 0. The Morgan fingerprint density at radius 2 is 1.90 bits per heavy atom. The quantitative estimate of drug-likeness (QED) is 0.498. The van der Waals surface area contributed by atoms with Gasteiger partial charge in [0.2, 0.25) is 0 Å². The van der Waals surface area contributed by atoms with E-state index in [1.54, 1.807) is 6.07 Å². The van der Waals surface area contributed by atoms with Crippen molar-refractivity contribution in [2.45, 2.75) is 23.7 Å². The number of hydrogen-bond donors (Lipinski definition) is 2. The van der Waals surface area contributed by atoms with Gasteiger partial charge >= 0.3 is 10.1 Å². The first-order chi connectivity index (χ1) is 8.91. The first kappa shape index (κ1) is 16.8. The third kappa shape index (κ3) is 3.45. The van der Waals surface area contributed by atoms with Crippen molar-refractivity contribution in [2.24, 2.45) is 0 Å². The number of rotatable bonds is 3. The number of nitrogens with zero attached hydrogens (tertiary/aromatic N) is 1. The van der Waals surface area contributed by atoms with E-state index < -0.39 is 25.6 Å². The summed E-state index contributed by atoms with van der Waals surface area (Å²) in [6.45, 7) is 1.47. The molecule has 0 atom stereocenters. The van der Waals surface area contributed by atoms with E-state index in [1.165, 1.54) is 6.07 Å². The molecule has 0 saturated carbocycles. The van der Waals surface area contributed by atoms with E-state index in [-0.39, 0.29) is 18.3 Å². The number of nitro groups is 1. The van der Waals surface area contributed by atoms with Crippen LogP contribution >= 0.6 is 12.4 Å². The van der Waals surface area contributed by atoms with Crippen LogP contribution in [0.15, 0.2) is 23.1 Å². The molecule has 0 bridgehead atoms. The van der Waals surface area contributed by atoms with Crippen LogP contribution < -0.4 is 5.32 Å². The topological polar surface area (TPSA) is 110 Å². The van der Waals surface area contributed by atoms with Gasteiger partial charge in [-0.25, -0.2) is 0 Å². The molecular formula is C11H15ClN2O5S. The molecule has 1 aromatic carbocycles. The molecule has 112 valence electrons. The van der Waals surface area contributed by atoms with Crippen molar-refractivity contribution in [3.8, 4) is 0 Å². The lowest BCUT2D eigenvalue weighted by molar-refractivity contribution is -0.388. The molecule has 1 aliphatic heterocycles. The monoisotopic (exact) mass is 322 g/mol. The molecule has 1 saturated heterocycles. The third-order valence-corrected chi connectivity index (χ3v) is 4.15. The van der Waals surface area contributed by atoms with Crippen molar-refractivity contribution in [2.75, 3.05) is 13.1 Å². The van der Waals surface area contributed by atoms with Crippen molar-refractivity contribution in [3.05, 3.63) is 33.9 Å². The smallest absolute Gasteiger partial charge is 0.301 e. The summed E-state index contributed by atoms with van der Waals surface area (Å²) in [5.41, 5.74) is -0.126. The molecule has 1 heterocycles. The van der Waals surface area contributed by atoms with Crippen LogP contribution in [0.3, 0.4) is 0 Å². The molecule has 7 nitrogen and oxygen atoms in total. The van der Waals surface area contributed by atoms with Crippen LogP contribution in [0, 0.1) is 10.1 Å². The molecule has 0 spiro atoms. The highest BCUT2D eigenvalue weighted by atomic mass is 35.5. The minimum absolute atomic E-state index is 0. The van der Waals surface area contributed by atoms with Gasteiger partial charge in [-0.05, 0) is 37.9 Å². The van der Waals surface area contributed by atoms with Gasteiger partial charge in [-0.15, -0.1) is 12.4 Å². The lowest BCUT2D eigenvalue weighted by Gasteiger charge is -2.23. The van der Waals surface area contributed by atoms with Crippen LogP contribution in [-0.2, 0) is 10.1 Å². The summed E-state index contributed by atoms with van der Waals surface area (Å²) < 4.78 is 31.6. The SMILES string of the molecule is Cl.O=[N+]([O-])c1c(C2CCNCC2)cccc1S(=O)(=O)O. The second-order valence-corrected chi connectivity index (χ2v) is 5.84. The molecule has 0 amide bonds. The first-order valence-corrected chi connectivity index (χ1v) is 7.31. The molecule has 0 radical (unpaired) electrons. The highest BCUT2D eigenvalue weighted by Gasteiger charge is 2.31. The zero-order valence-corrected chi connectivity index (χ0v) is 12.1. The molecule has 1 aliphatic rings. The average Bonchev–Trinajstić information content (AvgIpc) is 2.37. The number of halogens is 1. The number of nitro benzene ring substituents is 1. The van der Waals surface area contributed by atoms with Crippen molar-refractivity contribution in [1.29, 1.82) is 0 Å². The number of para-hydroxylation sites is 1. The fourth-order valence-electron chi connectivity index (χ4n) is 2.41. The van der Waals surface area contributed by atoms with Gasteiger partial charge in [-0.3, -0.25) is 14.7 Å². The molecule has 1 fully saturated rings. The highest BCUT2D eigenvalue weighted by Crippen LogP contribution is 2.36. The van der Waals surface area contributed by atoms with Gasteiger partial charge in [0.1, 0.15) is 0 Å². The fourth-order valence-corrected chi connectivity index (χ4v) is 3.09. The number of nitrogens with one attached hydrogen (secondary N) is 1. The Morgan fingerprint density at radius 3 is 2.40 bits per heavy atom. The van der Waals surface area contributed by atoms with Crippen LogP contribution in [0.25, 0.3) is 0 Å². The van der Waals surface area contributed by atoms with Crippen LogP contribution in [0.5, 0.6) is 0 Å². The number of hydrogen-bond acceptors (Lipinski definition) is 5. The normalized spacial score (nSPS) is 16.4. The first-order valence-electron chi connectivity index (χ1n) is 5.87. The largest absolute Gasteiger partial charge is 0.317 e. The fraction of sp³-hybridized carbons (Fsp3) is 0.455. The Morgan fingerprint density at radius 1 is 1.30 bits per heavy atom. The van der Waals surface area contributed by atoms with E-state index in [2.05, 4.69) is 5.32 Å². The Balaban J connectivity index is 0.00000200. The van der Waals surface area contributed by atoms with Crippen molar-refractivity contribution >= 4 is 28.2 Å². The van der Waals surface area contributed by atoms with Crippen LogP contribution in [0.2, 0.25) is 0 Å². The highest BCUT2D eigenvalue weighted by molar-refractivity contribution is 7.86. The molecule has 1 aromatic rings. The van der Waals surface area contributed by atoms with E-state index in [0.717, 1.165) is 19.2 Å². The number of benzene rings is 1. The summed E-state index contributed by atoms with van der Waals surface area (Å²) in [6.07, 6.45) is 1.41. The van der Waals surface area contributed by atoms with Crippen molar-refractivity contribution in [1.82, 2.24) is 5.32 Å². The van der Waals surface area contributed by atoms with E-state index in [4.69, 9.17) is 4.55 Å². The van der Waals surface area contributed by atoms with Crippen molar-refractivity contribution < 1.29 is 17.9 Å². The molecule has 0 unspecified atom stereocenters. The molecule has 9 heteroatoms. The van der Waals surface area contributed by atoms with Crippen LogP contribution in [0.1, 0.15) is 24.3 Å². The van der Waals surface area contributed by atoms with Gasteiger partial charge in [-0.1, -0.05) is 12.1 Å². The minimum atomic E-state index is -4.60. The second-order valence-electron chi connectivity index (χ2n) is 4.45. The summed E-state index contributed by atoms with van der Waals surface area (Å²) in [6, 6.07) is 4.04. The Bertz CT molecular complexity index is 599. The lowest BCUT2D eigenvalue weighted by atomic mass is 9.89. The van der Waals surface area contributed by atoms with E-state index in [1.807, 2.05) is 0 Å². The van der Waals surface area contributed by atoms with Gasteiger partial charge in [0.05, 0.1) is 4.92 Å². The zero-order chi connectivity index (χ0) is 14.0. The second kappa shape index (κ2) is 6.49. The van der Waals surface area contributed by atoms with Crippen LogP contribution in [-0.4, -0.2) is 31.0 Å². The standard InChI is InChI=1S/C11H14N2O5S.ClH/c14-13(15)11-9(8-4-6-12-7-5-8)2-1-3-10(11)19(16,17)18;/h1-3,8,12H,4-7H2,(H,16,17,18);1H. The van der Waals surface area contributed by atoms with Gasteiger partial charge < -0.3 is 5.32 Å². The summed E-state index contributed by atoms with van der Waals surface area (Å²) in [5.74, 6) is -0.0663. The van der Waals surface area contributed by atoms with E-state index >= 15 is 0 Å². The average molecular weight is 323 g/mol. The van der Waals surface area contributed by atoms with E-state index in [0.29, 0.717) is 18.4 Å². The maximum absolute atomic E-state index is 11.2. The Hall–Kier alpha value is -1.22. The number of piperidine rings is 1. The summed E-state index contributed by atoms with van der Waals surface area (Å²) in [7, 11) is -4.60. The maximum atomic E-state index is 11.2. The molecule has 0 aromatic heterocycles. The summed E-state index contributed by atoms with van der Waals surface area (Å²) in [4.78, 5) is 9.78. The van der Waals surface area contributed by atoms with Crippen molar-refractivity contribution in [3.63, 3.8) is 0 Å². The lowest BCUT2D eigenvalue weighted by Crippen LogP contribution is -2.27. The third-order valence-electron chi connectivity index (χ3n) is 3.27. The van der Waals surface area contributed by atoms with Crippen LogP contribution in [0.4, 0.5) is 5.69 Å². The molecular weight excluding hydrogens is 308 g/mol. The van der Waals surface area contributed by atoms with Gasteiger partial charge in [-0.2, -0.15) is 8.42 Å². The maximum Gasteiger partial charge on any atom is 0.301 e. The molecule has 20 heavy (non-hydrogen) atoms. The predicted molar refractivity (Wildman–Crippen MR) is 75.0 cm³/mol. The Labute approximate surface area is 122 Å². The zero-order valence-electron chi connectivity index (χ0n) is 10.5. The van der Waals surface area contributed by atoms with Gasteiger partial charge in [0, 0.05) is 5.56 Å². The van der Waals surface area contributed by atoms with Gasteiger partial charge in [0.15, 0.2) is 4.90 Å². The summed E-state index contributed by atoms with van der Waals surface area (Å²) in [5, 5.41) is 14.3. The Kier molecular flexibility index (Phi) is 5.46. The van der Waals surface area contributed by atoms with E-state index in [9.17, 15) is 18.5 Å². The molecule has 2 rings (SSSR count).